The summed E-state index contributed by atoms with van der Waals surface area (Å²) in [5.41, 5.74) is 0. The molecule has 0 spiro atoms. The summed E-state index contributed by atoms with van der Waals surface area (Å²) >= 11 is 0. The lowest BCUT2D eigenvalue weighted by molar-refractivity contribution is -0.161. The molecule has 0 bridgehead atoms. The minimum atomic E-state index is -5.00. The van der Waals surface area contributed by atoms with E-state index in [9.17, 15) is 43.2 Å². The molecular formula is C83H136O17P2. The Balaban J connectivity index is 5.43. The summed E-state index contributed by atoms with van der Waals surface area (Å²) in [4.78, 5) is 72.9. The molecule has 0 aliphatic rings. The zero-order chi connectivity index (χ0) is 74.6. The minimum absolute atomic E-state index is 0.0315. The van der Waals surface area contributed by atoms with E-state index in [1.807, 2.05) is 0 Å². The molecule has 5 unspecified atom stereocenters. The molecule has 0 aliphatic heterocycles. The highest BCUT2D eigenvalue weighted by molar-refractivity contribution is 7.47. The summed E-state index contributed by atoms with van der Waals surface area (Å²) in [6, 6.07) is 0. The Morgan fingerprint density at radius 2 is 0.510 bits per heavy atom. The second-order valence-electron chi connectivity index (χ2n) is 25.1. The van der Waals surface area contributed by atoms with Gasteiger partial charge in [0.15, 0.2) is 12.2 Å². The monoisotopic (exact) mass is 1470 g/mol. The van der Waals surface area contributed by atoms with E-state index in [0.717, 1.165) is 199 Å². The minimum Gasteiger partial charge on any atom is -0.462 e. The number of aliphatic hydroxyl groups excluding tert-OH is 1. The molecule has 17 nitrogen and oxygen atoms in total. The van der Waals surface area contributed by atoms with Crippen molar-refractivity contribution in [2.75, 3.05) is 39.6 Å². The maximum Gasteiger partial charge on any atom is 0.472 e. The highest BCUT2D eigenvalue weighted by Gasteiger charge is 2.30. The third-order valence-electron chi connectivity index (χ3n) is 15.4. The van der Waals surface area contributed by atoms with Crippen LogP contribution in [0.15, 0.2) is 158 Å². The number of carbonyl (C=O) groups is 4. The number of phosphoric acid groups is 2. The second-order valence-corrected chi connectivity index (χ2v) is 28.1. The molecule has 19 heteroatoms. The van der Waals surface area contributed by atoms with Crippen molar-refractivity contribution in [3.8, 4) is 0 Å². The van der Waals surface area contributed by atoms with Crippen molar-refractivity contribution in [2.24, 2.45) is 0 Å². The number of ether oxygens (including phenoxy) is 4. The summed E-state index contributed by atoms with van der Waals surface area (Å²) in [5, 5.41) is 10.6. The van der Waals surface area contributed by atoms with Crippen molar-refractivity contribution in [1.82, 2.24) is 0 Å². The van der Waals surface area contributed by atoms with Crippen LogP contribution < -0.4 is 0 Å². The Hall–Kier alpha value is -5.32. The number of allylic oxidation sites excluding steroid dienone is 26. The Bertz CT molecular complexity index is 2550. The molecule has 0 heterocycles. The van der Waals surface area contributed by atoms with Gasteiger partial charge < -0.3 is 33.8 Å². The number of rotatable bonds is 71. The number of unbranched alkanes of at least 4 members (excludes halogenated alkanes) is 19. The van der Waals surface area contributed by atoms with Gasteiger partial charge in [-0.25, -0.2) is 9.13 Å². The van der Waals surface area contributed by atoms with Crippen LogP contribution in [0.3, 0.4) is 0 Å². The number of carbonyl (C=O) groups excluding carboxylic acids is 4. The van der Waals surface area contributed by atoms with Gasteiger partial charge in [-0.05, 0) is 161 Å². The fraction of sp³-hybridized carbons (Fsp3) is 0.639. The van der Waals surface area contributed by atoms with Crippen LogP contribution in [0.5, 0.6) is 0 Å². The topological polar surface area (TPSA) is 237 Å². The molecule has 0 aromatic rings. The first-order valence-corrected chi connectivity index (χ1v) is 41.7. The lowest BCUT2D eigenvalue weighted by atomic mass is 10.1. The third-order valence-corrected chi connectivity index (χ3v) is 17.4. The average molecular weight is 1470 g/mol. The summed E-state index contributed by atoms with van der Waals surface area (Å²) < 4.78 is 68.5. The zero-order valence-electron chi connectivity index (χ0n) is 63.2. The van der Waals surface area contributed by atoms with Crippen LogP contribution in [-0.4, -0.2) is 96.7 Å². The molecule has 102 heavy (non-hydrogen) atoms. The number of hydrogen-bond acceptors (Lipinski definition) is 15. The van der Waals surface area contributed by atoms with Gasteiger partial charge in [-0.2, -0.15) is 0 Å². The molecule has 0 fully saturated rings. The standard InChI is InChI=1S/C83H136O17P2/c1-5-9-13-17-21-25-29-33-36-38-41-44-47-51-55-59-63-67-80(85)93-73-78(99-82(87)69-65-61-57-53-49-43-32-28-24-20-16-12-8-4)75-97-101(89,90)95-71-77(84)72-96-102(91,92)98-76-79(100-83(88)70-66-62-58-54-50-46-40-35-31-27-23-19-15-11-7-3)74-94-81(86)68-64-60-56-52-48-45-42-39-37-34-30-26-22-18-14-10-6-2/h9-11,13-16,20-23,25-28,32-37,40,42,45,50,54,77-79,84H,5-8,12,17-19,24,29-31,38-39,41,43-44,46-49,51-53,55-76H2,1-4H3,(H,89,90)(H,91,92)/b13-9-,14-10-,15-11-,20-16-,25-21-,26-22-,27-23-,32-28-,36-33-,37-34-,40-35-,45-42-,54-50-. The largest absolute Gasteiger partial charge is 0.472 e. The van der Waals surface area contributed by atoms with E-state index in [2.05, 4.69) is 186 Å². The Morgan fingerprint density at radius 1 is 0.284 bits per heavy atom. The quantitative estimate of drug-likeness (QED) is 0.0169. The molecule has 0 radical (unpaired) electrons. The first kappa shape index (κ1) is 96.7. The van der Waals surface area contributed by atoms with Crippen molar-refractivity contribution in [1.29, 1.82) is 0 Å². The summed E-state index contributed by atoms with van der Waals surface area (Å²) in [7, 11) is -9.99. The maximum absolute atomic E-state index is 13.1. The number of aliphatic hydroxyl groups is 1. The third kappa shape index (κ3) is 73.0. The normalized spacial score (nSPS) is 14.8. The molecule has 0 aromatic carbocycles. The van der Waals surface area contributed by atoms with Crippen LogP contribution in [0.2, 0.25) is 0 Å². The van der Waals surface area contributed by atoms with Gasteiger partial charge in [0.2, 0.25) is 0 Å². The van der Waals surface area contributed by atoms with E-state index in [0.29, 0.717) is 32.1 Å². The van der Waals surface area contributed by atoms with Gasteiger partial charge in [0.1, 0.15) is 19.3 Å². The molecule has 0 amide bonds. The van der Waals surface area contributed by atoms with Crippen molar-refractivity contribution >= 4 is 39.5 Å². The summed E-state index contributed by atoms with van der Waals surface area (Å²) in [6.45, 7) is 4.35. The van der Waals surface area contributed by atoms with Crippen molar-refractivity contribution < 1.29 is 80.2 Å². The predicted molar refractivity (Wildman–Crippen MR) is 417 cm³/mol. The van der Waals surface area contributed by atoms with Crippen molar-refractivity contribution in [2.45, 2.75) is 303 Å². The van der Waals surface area contributed by atoms with E-state index in [1.165, 1.54) is 0 Å². The molecule has 0 aliphatic carbocycles. The van der Waals surface area contributed by atoms with E-state index < -0.39 is 97.5 Å². The molecule has 5 atom stereocenters. The molecule has 3 N–H and O–H groups in total. The molecule has 0 saturated heterocycles. The Labute approximate surface area is 617 Å². The number of hydrogen-bond donors (Lipinski definition) is 3. The van der Waals surface area contributed by atoms with Gasteiger partial charge in [0, 0.05) is 25.7 Å². The van der Waals surface area contributed by atoms with Gasteiger partial charge in [-0.15, -0.1) is 0 Å². The van der Waals surface area contributed by atoms with Crippen molar-refractivity contribution in [3.63, 3.8) is 0 Å². The predicted octanol–water partition coefficient (Wildman–Crippen LogP) is 22.4. The van der Waals surface area contributed by atoms with Crippen LogP contribution in [-0.2, 0) is 65.4 Å². The van der Waals surface area contributed by atoms with Gasteiger partial charge in [0.05, 0.1) is 26.4 Å². The summed E-state index contributed by atoms with van der Waals surface area (Å²) in [5.74, 6) is -2.29. The summed E-state index contributed by atoms with van der Waals surface area (Å²) in [6.07, 6.45) is 85.2. The lowest BCUT2D eigenvalue weighted by Crippen LogP contribution is -2.30. The fourth-order valence-electron chi connectivity index (χ4n) is 9.66. The van der Waals surface area contributed by atoms with E-state index in [4.69, 9.17) is 37.0 Å². The molecule has 0 saturated carbocycles. The van der Waals surface area contributed by atoms with Crippen LogP contribution in [0, 0.1) is 0 Å². The zero-order valence-corrected chi connectivity index (χ0v) is 65.0. The smallest absolute Gasteiger partial charge is 0.462 e. The first-order valence-electron chi connectivity index (χ1n) is 38.7. The average Bonchev–Trinajstić information content (AvgIpc) is 0.939. The SMILES string of the molecule is CC/C=C\C/C=C\C/C=C\C/C=C\CCCCCCC(=O)OCC(COP(=O)(O)OCC(O)COP(=O)(O)OCC(COC(=O)CCCCCCCCC/C=C\C/C=C\C/C=C\CC)OC(=O)CCCCCCC/C=C\C/C=C\CCC)OC(=O)CCCC/C=C\C/C=C\C/C=C\C/C=C\CC. The molecule has 580 valence electrons. The van der Waals surface area contributed by atoms with Crippen LogP contribution >= 0.6 is 15.6 Å². The Morgan fingerprint density at radius 3 is 0.804 bits per heavy atom. The molecular weight excluding hydrogens is 1330 g/mol. The van der Waals surface area contributed by atoms with E-state index >= 15 is 0 Å². The van der Waals surface area contributed by atoms with Crippen LogP contribution in [0.25, 0.3) is 0 Å². The Kier molecular flexibility index (Phi) is 70.1. The molecule has 0 rings (SSSR count). The van der Waals surface area contributed by atoms with E-state index in [1.54, 1.807) is 0 Å². The second kappa shape index (κ2) is 74.0. The number of phosphoric ester groups is 2. The first-order chi connectivity index (χ1) is 49.7. The van der Waals surface area contributed by atoms with Gasteiger partial charge in [0.25, 0.3) is 0 Å². The number of esters is 4. The van der Waals surface area contributed by atoms with Crippen molar-refractivity contribution in [3.05, 3.63) is 158 Å². The van der Waals surface area contributed by atoms with Gasteiger partial charge >= 0.3 is 39.5 Å². The van der Waals surface area contributed by atoms with Crippen LogP contribution in [0.4, 0.5) is 0 Å². The van der Waals surface area contributed by atoms with Gasteiger partial charge in [-0.1, -0.05) is 256 Å². The van der Waals surface area contributed by atoms with Crippen LogP contribution in [0.1, 0.15) is 285 Å². The highest BCUT2D eigenvalue weighted by Crippen LogP contribution is 2.45. The fourth-order valence-corrected chi connectivity index (χ4v) is 11.2. The van der Waals surface area contributed by atoms with E-state index in [-0.39, 0.29) is 25.7 Å². The van der Waals surface area contributed by atoms with Gasteiger partial charge in [-0.3, -0.25) is 37.3 Å². The lowest BCUT2D eigenvalue weighted by Gasteiger charge is -2.21. The molecule has 0 aromatic heterocycles. The highest BCUT2D eigenvalue weighted by atomic mass is 31.2. The maximum atomic E-state index is 13.1.